The number of sulfonamides is 1. The molecular weight excluding hydrogens is 322 g/mol. The maximum atomic E-state index is 11.9. The Morgan fingerprint density at radius 2 is 2.00 bits per heavy atom. The van der Waals surface area contributed by atoms with E-state index < -0.39 is 21.6 Å². The van der Waals surface area contributed by atoms with Gasteiger partial charge in [-0.2, -0.15) is 17.5 Å². The van der Waals surface area contributed by atoms with E-state index in [0.717, 1.165) is 0 Å². The molecule has 0 aromatic carbocycles. The molecule has 0 aromatic heterocycles. The number of hydrogen-bond donors (Lipinski definition) is 0. The average Bonchev–Trinajstić information content (AvgIpc) is 2.60. The van der Waals surface area contributed by atoms with Crippen molar-refractivity contribution in [3.63, 3.8) is 0 Å². The van der Waals surface area contributed by atoms with Crippen LogP contribution in [0.4, 0.5) is 13.2 Å². The van der Waals surface area contributed by atoms with Crippen molar-refractivity contribution in [2.45, 2.75) is 22.4 Å². The molecule has 0 bridgehead atoms. The second-order valence-electron chi connectivity index (χ2n) is 2.77. The van der Waals surface area contributed by atoms with Crippen molar-refractivity contribution in [3.05, 3.63) is 0 Å². The molecule has 3 nitrogen and oxygen atoms in total. The van der Waals surface area contributed by atoms with Crippen molar-refractivity contribution >= 4 is 32.6 Å². The van der Waals surface area contributed by atoms with Gasteiger partial charge in [-0.25, -0.2) is 8.42 Å². The summed E-state index contributed by atoms with van der Waals surface area (Å²) in [6.45, 7) is 1.66. The first-order chi connectivity index (χ1) is 5.68. The zero-order chi connectivity index (χ0) is 10.4. The first-order valence-corrected chi connectivity index (χ1v) is 6.08. The topological polar surface area (TPSA) is 37.1 Å². The van der Waals surface area contributed by atoms with Gasteiger partial charge in [-0.3, -0.25) is 0 Å². The summed E-state index contributed by atoms with van der Waals surface area (Å²) in [7, 11) is -5.07. The Bertz CT molecular complexity index is 299. The Kier molecular flexibility index (Phi) is 2.86. The minimum Gasteiger partial charge on any atom is -0.203 e. The fraction of sp³-hybridized carbons (Fsp3) is 1.00. The lowest BCUT2D eigenvalue weighted by Crippen LogP contribution is -2.31. The van der Waals surface area contributed by atoms with Crippen LogP contribution in [0.5, 0.6) is 0 Å². The molecule has 1 aliphatic heterocycles. The van der Waals surface area contributed by atoms with Gasteiger partial charge in [-0.1, -0.05) is 29.5 Å². The van der Waals surface area contributed by atoms with E-state index in [0.29, 0.717) is 4.31 Å². The largest absolute Gasteiger partial charge is 0.511 e. The summed E-state index contributed by atoms with van der Waals surface area (Å²) >= 11 is 1.90. The van der Waals surface area contributed by atoms with E-state index in [4.69, 9.17) is 0 Å². The number of nitrogens with zero attached hydrogens (tertiary/aromatic N) is 1. The Hall–Kier alpha value is 0.430. The molecule has 8 heteroatoms. The van der Waals surface area contributed by atoms with Gasteiger partial charge in [0.2, 0.25) is 0 Å². The third-order valence-corrected chi connectivity index (χ3v) is 4.19. The fourth-order valence-electron chi connectivity index (χ4n) is 0.921. The Balaban J connectivity index is 2.77. The molecule has 0 aliphatic carbocycles. The van der Waals surface area contributed by atoms with Gasteiger partial charge >= 0.3 is 15.5 Å². The first kappa shape index (κ1) is 11.5. The standard InChI is InChI=1S/C5H7F3INO2S/c1-3(9)4-2-10(4)13(11,12)5(6,7)8/h3-4H,2H2,1H3/t3-,4+,10?/m1/s1. The van der Waals surface area contributed by atoms with Crippen LogP contribution in [-0.4, -0.2) is 34.7 Å². The molecule has 1 fully saturated rings. The number of halogens is 4. The molecule has 13 heavy (non-hydrogen) atoms. The van der Waals surface area contributed by atoms with E-state index in [1.54, 1.807) is 6.92 Å². The molecule has 0 aromatic rings. The van der Waals surface area contributed by atoms with Crippen LogP contribution in [0.15, 0.2) is 0 Å². The van der Waals surface area contributed by atoms with E-state index in [1.165, 1.54) is 0 Å². The summed E-state index contributed by atoms with van der Waals surface area (Å²) in [5, 5.41) is 0. The lowest BCUT2D eigenvalue weighted by molar-refractivity contribution is -0.0467. The Labute approximate surface area is 87.5 Å². The maximum absolute atomic E-state index is 11.9. The van der Waals surface area contributed by atoms with Crippen LogP contribution in [0.25, 0.3) is 0 Å². The van der Waals surface area contributed by atoms with E-state index in [9.17, 15) is 21.6 Å². The summed E-state index contributed by atoms with van der Waals surface area (Å²) in [4.78, 5) is 0. The molecule has 0 spiro atoms. The SMILES string of the molecule is C[C@@H](I)[C@@H]1CN1S(=O)(=O)C(F)(F)F. The molecule has 1 heterocycles. The minimum atomic E-state index is -5.16. The van der Waals surface area contributed by atoms with Crippen molar-refractivity contribution in [2.24, 2.45) is 0 Å². The highest BCUT2D eigenvalue weighted by atomic mass is 127. The van der Waals surface area contributed by atoms with Gasteiger partial charge in [0.25, 0.3) is 0 Å². The number of alkyl halides is 4. The highest BCUT2D eigenvalue weighted by Gasteiger charge is 2.58. The van der Waals surface area contributed by atoms with Crippen LogP contribution >= 0.6 is 22.6 Å². The van der Waals surface area contributed by atoms with Crippen LogP contribution in [0.1, 0.15) is 6.92 Å². The lowest BCUT2D eigenvalue weighted by atomic mass is 10.4. The van der Waals surface area contributed by atoms with E-state index in [1.807, 2.05) is 22.6 Å². The normalized spacial score (nSPS) is 31.5. The second kappa shape index (κ2) is 3.23. The molecule has 1 aliphatic rings. The average molecular weight is 329 g/mol. The molecule has 0 saturated carbocycles. The van der Waals surface area contributed by atoms with Crippen molar-refractivity contribution in [1.29, 1.82) is 0 Å². The summed E-state index contributed by atoms with van der Waals surface area (Å²) in [6.07, 6.45) is 0. The molecule has 0 radical (unpaired) electrons. The van der Waals surface area contributed by atoms with Gasteiger partial charge in [-0.15, -0.1) is 0 Å². The van der Waals surface area contributed by atoms with Crippen LogP contribution < -0.4 is 0 Å². The minimum absolute atomic E-state index is 0.0219. The summed E-state index contributed by atoms with van der Waals surface area (Å²) < 4.78 is 57.6. The maximum Gasteiger partial charge on any atom is 0.511 e. The Morgan fingerprint density at radius 3 is 2.23 bits per heavy atom. The molecule has 78 valence electrons. The molecule has 3 atom stereocenters. The highest BCUT2D eigenvalue weighted by molar-refractivity contribution is 14.1. The summed E-state index contributed by atoms with van der Waals surface area (Å²) in [5.41, 5.74) is -5.16. The van der Waals surface area contributed by atoms with Gasteiger partial charge in [0.15, 0.2) is 0 Å². The quantitative estimate of drug-likeness (QED) is 0.436. The first-order valence-electron chi connectivity index (χ1n) is 3.40. The van der Waals surface area contributed by atoms with Gasteiger partial charge in [-0.05, 0) is 0 Å². The van der Waals surface area contributed by atoms with Gasteiger partial charge in [0.05, 0.1) is 6.04 Å². The third kappa shape index (κ3) is 2.09. The van der Waals surface area contributed by atoms with Crippen LogP contribution in [0.3, 0.4) is 0 Å². The van der Waals surface area contributed by atoms with Gasteiger partial charge < -0.3 is 0 Å². The summed E-state index contributed by atoms with van der Waals surface area (Å²) in [6, 6.07) is -0.493. The predicted octanol–water partition coefficient (Wildman–Crippen LogP) is 1.34. The van der Waals surface area contributed by atoms with E-state index >= 15 is 0 Å². The van der Waals surface area contributed by atoms with Crippen molar-refractivity contribution < 1.29 is 21.6 Å². The highest BCUT2D eigenvalue weighted by Crippen LogP contribution is 2.37. The zero-order valence-corrected chi connectivity index (χ0v) is 9.52. The fourth-order valence-corrected chi connectivity index (χ4v) is 2.91. The predicted molar refractivity (Wildman–Crippen MR) is 49.0 cm³/mol. The molecule has 1 saturated heterocycles. The van der Waals surface area contributed by atoms with Gasteiger partial charge in [0.1, 0.15) is 0 Å². The van der Waals surface area contributed by atoms with Crippen LogP contribution in [-0.2, 0) is 10.0 Å². The lowest BCUT2D eigenvalue weighted by Gasteiger charge is -2.09. The van der Waals surface area contributed by atoms with Gasteiger partial charge in [0, 0.05) is 10.5 Å². The second-order valence-corrected chi connectivity index (χ2v) is 6.61. The molecule has 1 rings (SSSR count). The van der Waals surface area contributed by atoms with Crippen molar-refractivity contribution in [3.8, 4) is 0 Å². The van der Waals surface area contributed by atoms with Crippen LogP contribution in [0.2, 0.25) is 0 Å². The van der Waals surface area contributed by atoms with Crippen molar-refractivity contribution in [2.75, 3.05) is 6.54 Å². The Morgan fingerprint density at radius 1 is 1.54 bits per heavy atom. The van der Waals surface area contributed by atoms with E-state index in [-0.39, 0.29) is 10.5 Å². The van der Waals surface area contributed by atoms with Crippen LogP contribution in [0, 0.1) is 0 Å². The monoisotopic (exact) mass is 329 g/mol. The third-order valence-electron chi connectivity index (χ3n) is 1.73. The number of hydrogen-bond acceptors (Lipinski definition) is 2. The molecule has 1 unspecified atom stereocenters. The molecular formula is C5H7F3INO2S. The molecule has 0 amide bonds. The zero-order valence-electron chi connectivity index (χ0n) is 6.55. The van der Waals surface area contributed by atoms with E-state index in [2.05, 4.69) is 0 Å². The smallest absolute Gasteiger partial charge is 0.203 e. The summed E-state index contributed by atoms with van der Waals surface area (Å²) in [5.74, 6) is 0. The number of rotatable bonds is 2. The van der Waals surface area contributed by atoms with Crippen molar-refractivity contribution in [1.82, 2.24) is 4.31 Å². The molecule has 0 N–H and O–H groups in total.